The van der Waals surface area contributed by atoms with Gasteiger partial charge in [0.15, 0.2) is 0 Å². The van der Waals surface area contributed by atoms with Crippen molar-refractivity contribution in [3.05, 3.63) is 322 Å². The van der Waals surface area contributed by atoms with Gasteiger partial charge in [0, 0.05) is 54.8 Å². The van der Waals surface area contributed by atoms with E-state index in [1.807, 2.05) is 151 Å². The van der Waals surface area contributed by atoms with E-state index in [2.05, 4.69) is 166 Å². The van der Waals surface area contributed by atoms with Crippen molar-refractivity contribution in [2.45, 2.75) is 60.3 Å². The maximum absolute atomic E-state index is 14.3. The predicted octanol–water partition coefficient (Wildman–Crippen LogP) is 20.2. The van der Waals surface area contributed by atoms with Gasteiger partial charge < -0.3 is 27.9 Å². The van der Waals surface area contributed by atoms with Crippen LogP contribution >= 0.6 is 0 Å². The number of esters is 3. The van der Waals surface area contributed by atoms with Gasteiger partial charge in [0.05, 0.1) is 49.8 Å². The molecule has 0 aliphatic carbocycles. The second kappa shape index (κ2) is 23.0. The van der Waals surface area contributed by atoms with E-state index in [1.54, 1.807) is 0 Å². The molecular weight excluding hydrogens is 1150 g/mol. The summed E-state index contributed by atoms with van der Waals surface area (Å²) >= 11 is 0. The molecule has 0 amide bonds. The molecule has 0 radical (unpaired) electrons. The maximum Gasteiger partial charge on any atom is 0.343 e. The lowest BCUT2D eigenvalue weighted by Crippen LogP contribution is -2.30. The number of hydrogen-bond acceptors (Lipinski definition) is 6. The lowest BCUT2D eigenvalue weighted by atomic mass is 9.66. The SMILES string of the molecule is CCC(c1cc(C)c(OC(=O)c2ccc(-n3c4ccccc4c4ccccc43)cc2)c(C)c1)(c1cc(C)c(OC(=O)c2ccc(-n3c4ccccc4c4ccccc43)cc2)c(C)c1)c1cc(C)c(OC(=O)c2ccc(-n3c4ccccc4c4ccccc43)cc2)c(C)c1. The van der Waals surface area contributed by atoms with Crippen LogP contribution < -0.4 is 14.2 Å². The third kappa shape index (κ3) is 9.74. The molecule has 0 saturated carbocycles. The standard InChI is InChI=1S/C84H65N3O6/c1-8-84(60-45-51(2)78(52(3)46-60)91-81(88)57-33-39-63(40-34-57)85-72-27-15-9-21-66(72)67-22-10-16-28-73(67)85,61-47-53(4)79(54(5)48-61)92-82(89)58-35-41-64(42-36-58)86-74-29-17-11-23-68(74)69-24-12-18-30-75(69)86)62-49-55(6)80(56(7)50-62)93-83(90)59-37-43-65(44-38-59)87-76-31-19-13-25-70(76)71-26-14-20-32-77(71)87/h9-50H,8H2,1-7H3. The van der Waals surface area contributed by atoms with Crippen molar-refractivity contribution < 1.29 is 28.6 Å². The van der Waals surface area contributed by atoms with E-state index in [0.717, 1.165) is 133 Å². The summed E-state index contributed by atoms with van der Waals surface area (Å²) in [5.74, 6) is 0.0585. The number of aryl methyl sites for hydroxylation is 6. The Morgan fingerprint density at radius 3 is 0.677 bits per heavy atom. The van der Waals surface area contributed by atoms with Crippen molar-refractivity contribution in [1.29, 1.82) is 0 Å². The summed E-state index contributed by atoms with van der Waals surface area (Å²) in [7, 11) is 0. The molecule has 0 saturated heterocycles. The van der Waals surface area contributed by atoms with Gasteiger partial charge >= 0.3 is 17.9 Å². The Morgan fingerprint density at radius 2 is 0.484 bits per heavy atom. The van der Waals surface area contributed by atoms with E-state index < -0.39 is 23.3 Å². The highest BCUT2D eigenvalue weighted by Crippen LogP contribution is 2.48. The van der Waals surface area contributed by atoms with Gasteiger partial charge in [-0.15, -0.1) is 0 Å². The average Bonchev–Trinajstić information content (AvgIpc) is 1.80. The summed E-state index contributed by atoms with van der Waals surface area (Å²) in [6.07, 6.45) is 0.593. The fourth-order valence-corrected chi connectivity index (χ4v) is 14.5. The summed E-state index contributed by atoms with van der Waals surface area (Å²) in [6, 6.07) is 85.6. The van der Waals surface area contributed by atoms with Crippen LogP contribution in [-0.2, 0) is 5.41 Å². The van der Waals surface area contributed by atoms with Crippen LogP contribution in [0.4, 0.5) is 0 Å². The zero-order valence-electron chi connectivity index (χ0n) is 52.7. The first-order chi connectivity index (χ1) is 45.3. The number of rotatable bonds is 13. The van der Waals surface area contributed by atoms with Crippen LogP contribution in [0.1, 0.15) is 94.5 Å². The molecule has 9 heteroatoms. The molecule has 3 heterocycles. The molecule has 15 aromatic rings. The summed E-state index contributed by atoms with van der Waals surface area (Å²) in [5.41, 5.74) is 17.4. The Bertz CT molecular complexity index is 4760. The molecule has 0 fully saturated rings. The number of carbonyl (C=O) groups is 3. The van der Waals surface area contributed by atoms with Crippen molar-refractivity contribution in [3.63, 3.8) is 0 Å². The molecule has 9 nitrogen and oxygen atoms in total. The van der Waals surface area contributed by atoms with Gasteiger partial charge in [-0.1, -0.05) is 153 Å². The van der Waals surface area contributed by atoms with E-state index in [4.69, 9.17) is 14.2 Å². The zero-order chi connectivity index (χ0) is 63.8. The fraction of sp³-hybridized carbons (Fsp3) is 0.107. The van der Waals surface area contributed by atoms with Crippen molar-refractivity contribution >= 4 is 83.3 Å². The minimum absolute atomic E-state index is 0.427. The molecule has 15 rings (SSSR count). The highest BCUT2D eigenvalue weighted by atomic mass is 16.5. The van der Waals surface area contributed by atoms with Crippen molar-refractivity contribution in [1.82, 2.24) is 13.7 Å². The summed E-state index contributed by atoms with van der Waals surface area (Å²) in [6.45, 7) is 14.1. The van der Waals surface area contributed by atoms with Gasteiger partial charge in [0.25, 0.3) is 0 Å². The molecule has 0 spiro atoms. The molecular formula is C84H65N3O6. The minimum Gasteiger partial charge on any atom is -0.422 e. The van der Waals surface area contributed by atoms with Crippen LogP contribution in [0.2, 0.25) is 0 Å². The zero-order valence-corrected chi connectivity index (χ0v) is 52.7. The van der Waals surface area contributed by atoms with Crippen LogP contribution in [0.15, 0.2) is 255 Å². The van der Waals surface area contributed by atoms with E-state index >= 15 is 0 Å². The van der Waals surface area contributed by atoms with Gasteiger partial charge in [-0.3, -0.25) is 0 Å². The van der Waals surface area contributed by atoms with E-state index in [1.165, 1.54) is 0 Å². The smallest absolute Gasteiger partial charge is 0.343 e. The molecule has 0 atom stereocenters. The van der Waals surface area contributed by atoms with Gasteiger partial charge in [-0.25, -0.2) is 14.4 Å². The minimum atomic E-state index is -0.831. The number of para-hydroxylation sites is 6. The van der Waals surface area contributed by atoms with E-state index in [-0.39, 0.29) is 0 Å². The van der Waals surface area contributed by atoms with Crippen molar-refractivity contribution in [2.24, 2.45) is 0 Å². The van der Waals surface area contributed by atoms with Crippen LogP contribution in [0.5, 0.6) is 17.2 Å². The van der Waals surface area contributed by atoms with Gasteiger partial charge in [0.2, 0.25) is 0 Å². The van der Waals surface area contributed by atoms with Gasteiger partial charge in [-0.2, -0.15) is 0 Å². The van der Waals surface area contributed by atoms with Gasteiger partial charge in [-0.05, 0) is 207 Å². The first-order valence-electron chi connectivity index (χ1n) is 31.6. The normalized spacial score (nSPS) is 11.8. The summed E-state index contributed by atoms with van der Waals surface area (Å²) < 4.78 is 25.8. The summed E-state index contributed by atoms with van der Waals surface area (Å²) in [5, 5.41) is 6.97. The number of ether oxygens (including phenoxy) is 3. The Balaban J connectivity index is 0.757. The largest absolute Gasteiger partial charge is 0.422 e. The lowest BCUT2D eigenvalue weighted by Gasteiger charge is -2.37. The third-order valence-electron chi connectivity index (χ3n) is 18.8. The number of carbonyl (C=O) groups excluding carboxylic acids is 3. The first kappa shape index (κ1) is 57.9. The second-order valence-corrected chi connectivity index (χ2v) is 24.5. The molecule has 93 heavy (non-hydrogen) atoms. The van der Waals surface area contributed by atoms with E-state index in [9.17, 15) is 14.4 Å². The fourth-order valence-electron chi connectivity index (χ4n) is 14.5. The van der Waals surface area contributed by atoms with Gasteiger partial charge in [0.1, 0.15) is 17.2 Å². The highest BCUT2D eigenvalue weighted by molar-refractivity contribution is 6.11. The monoisotopic (exact) mass is 1210 g/mol. The number of nitrogens with zero attached hydrogens (tertiary/aromatic N) is 3. The predicted molar refractivity (Wildman–Crippen MR) is 375 cm³/mol. The molecule has 0 aliphatic heterocycles. The van der Waals surface area contributed by atoms with Crippen LogP contribution in [0.3, 0.4) is 0 Å². The Labute approximate surface area is 538 Å². The molecule has 0 unspecified atom stereocenters. The Hall–Kier alpha value is -11.6. The number of benzene rings is 12. The Kier molecular flexibility index (Phi) is 14.3. The molecule has 0 N–H and O–H groups in total. The number of hydrogen-bond donors (Lipinski definition) is 0. The summed E-state index contributed by atoms with van der Waals surface area (Å²) in [4.78, 5) is 42.8. The number of aromatic nitrogens is 3. The first-order valence-corrected chi connectivity index (χ1v) is 31.6. The van der Waals surface area contributed by atoms with E-state index in [0.29, 0.717) is 40.4 Å². The molecule has 12 aromatic carbocycles. The van der Waals surface area contributed by atoms with Crippen LogP contribution in [-0.4, -0.2) is 31.6 Å². The average molecular weight is 1210 g/mol. The topological polar surface area (TPSA) is 93.7 Å². The third-order valence-corrected chi connectivity index (χ3v) is 18.8. The van der Waals surface area contributed by atoms with Crippen molar-refractivity contribution in [3.8, 4) is 34.3 Å². The molecule has 452 valence electrons. The quantitative estimate of drug-likeness (QED) is 0.0649. The number of fused-ring (bicyclic) bond motifs is 9. The Morgan fingerprint density at radius 1 is 0.290 bits per heavy atom. The highest BCUT2D eigenvalue weighted by Gasteiger charge is 2.38. The second-order valence-electron chi connectivity index (χ2n) is 24.5. The van der Waals surface area contributed by atoms with Crippen LogP contribution in [0.25, 0.3) is 82.5 Å². The molecule has 0 bridgehead atoms. The molecule has 3 aromatic heterocycles. The van der Waals surface area contributed by atoms with Crippen LogP contribution in [0, 0.1) is 41.5 Å². The maximum atomic E-state index is 14.3. The lowest BCUT2D eigenvalue weighted by molar-refractivity contribution is 0.0723. The van der Waals surface area contributed by atoms with Crippen molar-refractivity contribution in [2.75, 3.05) is 0 Å². The molecule has 0 aliphatic rings.